The van der Waals surface area contributed by atoms with E-state index in [2.05, 4.69) is 46.5 Å². The molecule has 1 atom stereocenters. The highest BCUT2D eigenvalue weighted by Gasteiger charge is 2.32. The van der Waals surface area contributed by atoms with Gasteiger partial charge in [-0.25, -0.2) is 4.79 Å². The Labute approximate surface area is 288 Å². The number of amides is 2. The van der Waals surface area contributed by atoms with E-state index in [1.165, 1.54) is 0 Å². The van der Waals surface area contributed by atoms with Gasteiger partial charge in [0.15, 0.2) is 5.82 Å². The molecule has 0 bridgehead atoms. The Bertz CT molecular complexity index is 1950. The molecule has 13 heteroatoms. The average Bonchev–Trinajstić information content (AvgIpc) is 3.54. The summed E-state index contributed by atoms with van der Waals surface area (Å²) in [5, 5.41) is 16.1. The van der Waals surface area contributed by atoms with E-state index in [1.54, 1.807) is 36.5 Å². The maximum atomic E-state index is 13.2. The van der Waals surface area contributed by atoms with Gasteiger partial charge in [-0.05, 0) is 70.0 Å². The Hall–Kier alpha value is -4.83. The summed E-state index contributed by atoms with van der Waals surface area (Å²) in [5.41, 5.74) is 10.5. The zero-order valence-electron chi connectivity index (χ0n) is 27.1. The number of fused-ring (bicyclic) bond motifs is 3. The van der Waals surface area contributed by atoms with Crippen molar-refractivity contribution in [2.24, 2.45) is 10.7 Å². The van der Waals surface area contributed by atoms with Gasteiger partial charge in [0, 0.05) is 45.2 Å². The molecule has 0 saturated heterocycles. The van der Waals surface area contributed by atoms with Crippen LogP contribution in [0.5, 0.6) is 0 Å². The largest absolute Gasteiger partial charge is 0.462 e. The Morgan fingerprint density at radius 3 is 2.58 bits per heavy atom. The van der Waals surface area contributed by atoms with Crippen LogP contribution in [-0.2, 0) is 14.3 Å². The van der Waals surface area contributed by atoms with Gasteiger partial charge >= 0.3 is 5.97 Å². The molecular formula is C35H36ClN7O4S. The van der Waals surface area contributed by atoms with Crippen LogP contribution in [0.4, 0.5) is 5.69 Å². The molecule has 2 amide bonds. The Morgan fingerprint density at radius 1 is 1.08 bits per heavy atom. The smallest absolute Gasteiger partial charge is 0.339 e. The van der Waals surface area contributed by atoms with Gasteiger partial charge in [0.05, 0.1) is 30.8 Å². The van der Waals surface area contributed by atoms with Gasteiger partial charge in [-0.2, -0.15) is 0 Å². The lowest BCUT2D eigenvalue weighted by molar-refractivity contribution is -0.122. The second kappa shape index (κ2) is 15.4. The first-order chi connectivity index (χ1) is 23.1. The number of benzene rings is 2. The standard InChI is InChI=1S/C35H36ClN7O4S/c1-5-47-35(46)27-15-14-26(18-24(27)8-6-16-37)39-29(44)9-7-17-38-30(45)19-28-33-42-41-22(4)43(33)34-31(20(2)21(3)48-34)32(40-28)23-10-12-25(36)13-11-23/h10-15,18,28H,5,7,9,16-17,19,37H2,1-4H3,(H,38,45)(H,39,44)/t28-/m0/s1. The van der Waals surface area contributed by atoms with Crippen LogP contribution in [0.15, 0.2) is 47.5 Å². The van der Waals surface area contributed by atoms with Crippen molar-refractivity contribution in [1.82, 2.24) is 20.1 Å². The Balaban J connectivity index is 1.25. The maximum Gasteiger partial charge on any atom is 0.339 e. The van der Waals surface area contributed by atoms with Crippen molar-refractivity contribution in [3.8, 4) is 16.8 Å². The number of anilines is 1. The Kier molecular flexibility index (Phi) is 11.1. The van der Waals surface area contributed by atoms with E-state index in [4.69, 9.17) is 27.1 Å². The highest BCUT2D eigenvalue weighted by molar-refractivity contribution is 7.15. The molecule has 0 spiro atoms. The summed E-state index contributed by atoms with van der Waals surface area (Å²) in [6, 6.07) is 11.7. The van der Waals surface area contributed by atoms with Crippen LogP contribution in [-0.4, -0.2) is 58.0 Å². The van der Waals surface area contributed by atoms with Crippen LogP contribution in [0, 0.1) is 32.6 Å². The van der Waals surface area contributed by atoms with Crippen molar-refractivity contribution in [2.75, 3.05) is 25.0 Å². The fraction of sp³-hybridized carbons (Fsp3) is 0.314. The lowest BCUT2D eigenvalue weighted by atomic mass is 9.99. The highest BCUT2D eigenvalue weighted by atomic mass is 35.5. The van der Waals surface area contributed by atoms with Crippen molar-refractivity contribution in [3.05, 3.63) is 91.8 Å². The van der Waals surface area contributed by atoms with E-state index in [9.17, 15) is 14.4 Å². The minimum Gasteiger partial charge on any atom is -0.462 e. The molecule has 1 aliphatic rings. The van der Waals surface area contributed by atoms with Gasteiger partial charge in [0.25, 0.3) is 0 Å². The molecule has 4 N–H and O–H groups in total. The van der Waals surface area contributed by atoms with Crippen LogP contribution >= 0.6 is 22.9 Å². The number of thiophene rings is 1. The third kappa shape index (κ3) is 7.65. The summed E-state index contributed by atoms with van der Waals surface area (Å²) >= 11 is 7.85. The molecule has 1 aliphatic heterocycles. The summed E-state index contributed by atoms with van der Waals surface area (Å²) in [4.78, 5) is 44.5. The number of carbonyl (C=O) groups is 3. The van der Waals surface area contributed by atoms with E-state index in [0.717, 1.165) is 32.3 Å². The van der Waals surface area contributed by atoms with Crippen LogP contribution in [0.1, 0.15) is 81.4 Å². The molecule has 0 aliphatic carbocycles. The molecule has 248 valence electrons. The Morgan fingerprint density at radius 2 is 1.85 bits per heavy atom. The van der Waals surface area contributed by atoms with E-state index >= 15 is 0 Å². The number of hydrogen-bond donors (Lipinski definition) is 3. The fourth-order valence-electron chi connectivity index (χ4n) is 5.34. The lowest BCUT2D eigenvalue weighted by Crippen LogP contribution is -2.27. The van der Waals surface area contributed by atoms with E-state index in [-0.39, 0.29) is 37.8 Å². The molecule has 2 aromatic heterocycles. The van der Waals surface area contributed by atoms with E-state index in [0.29, 0.717) is 46.5 Å². The number of halogens is 1. The molecule has 3 heterocycles. The monoisotopic (exact) mass is 685 g/mol. The molecule has 2 aromatic carbocycles. The molecule has 0 saturated carbocycles. The first-order valence-corrected chi connectivity index (χ1v) is 16.7. The number of aliphatic imine (C=N–C) groups is 1. The molecule has 5 rings (SSSR count). The normalized spacial score (nSPS) is 13.3. The van der Waals surface area contributed by atoms with Crippen LogP contribution < -0.4 is 16.4 Å². The van der Waals surface area contributed by atoms with Gasteiger partial charge in [-0.1, -0.05) is 35.6 Å². The van der Waals surface area contributed by atoms with Crippen LogP contribution in [0.25, 0.3) is 5.00 Å². The number of aromatic nitrogens is 3. The fourth-order valence-corrected chi connectivity index (χ4v) is 6.68. The molecule has 48 heavy (non-hydrogen) atoms. The summed E-state index contributed by atoms with van der Waals surface area (Å²) in [5.74, 6) is 5.94. The summed E-state index contributed by atoms with van der Waals surface area (Å²) < 4.78 is 7.10. The molecule has 0 radical (unpaired) electrons. The number of nitrogens with two attached hydrogens (primary N) is 1. The number of carbonyl (C=O) groups excluding carboxylic acids is 3. The number of nitrogens with one attached hydrogen (secondary N) is 2. The first-order valence-electron chi connectivity index (χ1n) is 15.5. The zero-order chi connectivity index (χ0) is 34.4. The summed E-state index contributed by atoms with van der Waals surface area (Å²) in [6.45, 7) is 8.41. The van der Waals surface area contributed by atoms with Gasteiger partial charge in [0.2, 0.25) is 11.8 Å². The number of aryl methyl sites for hydroxylation is 2. The topological polar surface area (TPSA) is 154 Å². The minimum absolute atomic E-state index is 0.0494. The molecular weight excluding hydrogens is 650 g/mol. The van der Waals surface area contributed by atoms with E-state index in [1.807, 2.05) is 35.8 Å². The molecule has 0 unspecified atom stereocenters. The molecule has 4 aromatic rings. The van der Waals surface area contributed by atoms with Crippen molar-refractivity contribution in [3.63, 3.8) is 0 Å². The quantitative estimate of drug-likeness (QED) is 0.118. The lowest BCUT2D eigenvalue weighted by Gasteiger charge is -2.13. The second-order valence-corrected chi connectivity index (χ2v) is 12.7. The number of esters is 1. The summed E-state index contributed by atoms with van der Waals surface area (Å²) in [6.07, 6.45) is 0.625. The predicted molar refractivity (Wildman–Crippen MR) is 187 cm³/mol. The summed E-state index contributed by atoms with van der Waals surface area (Å²) in [7, 11) is 0. The predicted octanol–water partition coefficient (Wildman–Crippen LogP) is 5.21. The number of ether oxygens (including phenoxy) is 1. The second-order valence-electron chi connectivity index (χ2n) is 11.1. The van der Waals surface area contributed by atoms with Crippen molar-refractivity contribution >= 4 is 52.1 Å². The van der Waals surface area contributed by atoms with Crippen LogP contribution in [0.3, 0.4) is 0 Å². The third-order valence-corrected chi connectivity index (χ3v) is 9.21. The number of rotatable bonds is 10. The van der Waals surface area contributed by atoms with Gasteiger partial charge in [0.1, 0.15) is 16.9 Å². The zero-order valence-corrected chi connectivity index (χ0v) is 28.7. The van der Waals surface area contributed by atoms with Crippen molar-refractivity contribution in [2.45, 2.75) is 53.0 Å². The molecule has 0 fully saturated rings. The van der Waals surface area contributed by atoms with Gasteiger partial charge in [-0.15, -0.1) is 21.5 Å². The highest BCUT2D eigenvalue weighted by Crippen LogP contribution is 2.39. The average molecular weight is 686 g/mol. The van der Waals surface area contributed by atoms with Gasteiger partial charge < -0.3 is 21.1 Å². The van der Waals surface area contributed by atoms with Crippen molar-refractivity contribution in [1.29, 1.82) is 0 Å². The van der Waals surface area contributed by atoms with E-state index < -0.39 is 12.0 Å². The number of hydrogen-bond acceptors (Lipinski definition) is 9. The number of nitrogens with zero attached hydrogens (tertiary/aromatic N) is 4. The maximum absolute atomic E-state index is 13.2. The SMILES string of the molecule is CCOC(=O)c1ccc(NC(=O)CCCNC(=O)C[C@@H]2N=C(c3ccc(Cl)cc3)c3c(sc(C)c3C)-n3c(C)nnc32)cc1C#CCN. The first kappa shape index (κ1) is 34.5. The van der Waals surface area contributed by atoms with Crippen LogP contribution in [0.2, 0.25) is 5.02 Å². The van der Waals surface area contributed by atoms with Crippen molar-refractivity contribution < 1.29 is 19.1 Å². The minimum atomic E-state index is -0.589. The van der Waals surface area contributed by atoms with Gasteiger partial charge in [-0.3, -0.25) is 19.1 Å². The third-order valence-electron chi connectivity index (χ3n) is 7.76. The molecule has 11 nitrogen and oxygen atoms in total.